The fourth-order valence-corrected chi connectivity index (χ4v) is 14.6. The van der Waals surface area contributed by atoms with Crippen LogP contribution < -0.4 is 0 Å². The van der Waals surface area contributed by atoms with Crippen LogP contribution in [0.25, 0.3) is 0 Å². The van der Waals surface area contributed by atoms with Crippen LogP contribution >= 0.6 is 26.3 Å². The Morgan fingerprint density at radius 3 is 0.962 bits per heavy atom. The number of hydrogen-bond acceptors (Lipinski definition) is 0. The second kappa shape index (κ2) is 17.1. The van der Waals surface area contributed by atoms with Crippen molar-refractivity contribution in [3.05, 3.63) is 0 Å². The molecule has 0 heterocycles. The van der Waals surface area contributed by atoms with Crippen molar-refractivity contribution in [2.75, 3.05) is 24.6 Å². The fraction of sp³-hybridized carbons (Fsp3) is 1.00. The average Bonchev–Trinajstić information content (AvgIpc) is 2.62. The number of rotatable bonds is 20. The molecule has 0 saturated heterocycles. The van der Waals surface area contributed by atoms with Gasteiger partial charge in [-0.25, -0.2) is 0 Å². The Kier molecular flexibility index (Phi) is 17.8. The fourth-order valence-electron chi connectivity index (χ4n) is 4.56. The van der Waals surface area contributed by atoms with Gasteiger partial charge >= 0.3 is 181 Å². The summed E-state index contributed by atoms with van der Waals surface area (Å²) in [7, 11) is 0. The third kappa shape index (κ3) is 13.4. The van der Waals surface area contributed by atoms with Crippen LogP contribution in [0.2, 0.25) is 0 Å². The van der Waals surface area contributed by atoms with Crippen LogP contribution in [0.15, 0.2) is 0 Å². The first-order chi connectivity index (χ1) is 12.5. The molecule has 0 spiro atoms. The van der Waals surface area contributed by atoms with Gasteiger partial charge in [0.2, 0.25) is 0 Å². The maximum absolute atomic E-state index is 3.12. The van der Waals surface area contributed by atoms with E-state index in [1.54, 1.807) is 24.6 Å². The van der Waals surface area contributed by atoms with Gasteiger partial charge in [0, 0.05) is 0 Å². The topological polar surface area (TPSA) is 0 Å². The van der Waals surface area contributed by atoms with Gasteiger partial charge < -0.3 is 0 Å². The minimum atomic E-state index is -1.50. The summed E-state index contributed by atoms with van der Waals surface area (Å²) in [5.74, 6) is 0. The van der Waals surface area contributed by atoms with Crippen LogP contribution in [-0.2, 0) is 0 Å². The predicted octanol–water partition coefficient (Wildman–Crippen LogP) is 10.2. The van der Waals surface area contributed by atoms with Crippen molar-refractivity contribution in [3.63, 3.8) is 0 Å². The monoisotopic (exact) mass is 498 g/mol. The maximum atomic E-state index is 3.12. The Bertz CT molecular complexity index is 264. The van der Waals surface area contributed by atoms with Crippen LogP contribution in [0.1, 0.15) is 130 Å². The summed E-state index contributed by atoms with van der Waals surface area (Å²) in [4.78, 5) is 0. The molecule has 0 aliphatic heterocycles. The zero-order valence-electron chi connectivity index (χ0n) is 19.0. The molecule has 0 unspecified atom stereocenters. The van der Waals surface area contributed by atoms with Crippen molar-refractivity contribution in [2.24, 2.45) is 0 Å². The molecule has 0 bridgehead atoms. The van der Waals surface area contributed by atoms with E-state index in [9.17, 15) is 0 Å². The minimum absolute atomic E-state index is 1.37. The van der Waals surface area contributed by atoms with E-state index in [0.29, 0.717) is 0 Å². The van der Waals surface area contributed by atoms with E-state index in [1.165, 1.54) is 103 Å². The summed E-state index contributed by atoms with van der Waals surface area (Å²) in [6, 6.07) is 0. The Morgan fingerprint density at radius 1 is 0.385 bits per heavy atom. The van der Waals surface area contributed by atoms with E-state index in [4.69, 9.17) is 0 Å². The molecule has 0 N–H and O–H groups in total. The van der Waals surface area contributed by atoms with Crippen molar-refractivity contribution in [2.45, 2.75) is 130 Å². The average molecular weight is 499 g/mol. The van der Waals surface area contributed by atoms with Gasteiger partial charge in [-0.2, -0.15) is 0 Å². The Balaban J connectivity index is 4.71. The quantitative estimate of drug-likeness (QED) is 0.0890. The number of hydrogen-bond donors (Lipinski definition) is 0. The molecule has 160 valence electrons. The van der Waals surface area contributed by atoms with Crippen molar-refractivity contribution in [1.82, 2.24) is 0 Å². The normalized spacial score (nSPS) is 13.7. The Morgan fingerprint density at radius 2 is 0.692 bits per heavy atom. The second-order valence-electron chi connectivity index (χ2n) is 8.96. The summed E-state index contributed by atoms with van der Waals surface area (Å²) in [5, 5.41) is 0. The van der Waals surface area contributed by atoms with Crippen LogP contribution in [0.5, 0.6) is 0 Å². The van der Waals surface area contributed by atoms with Gasteiger partial charge in [0.05, 0.1) is 0 Å². The molecule has 0 aromatic rings. The standard InChI is InChI=1S/C24H52IP/c1-5-9-12-15-18-22-26(25,21-8-4,23-19-16-13-10-6-2)24-20-17-14-11-7-3/h5-24H2,1-4H3. The summed E-state index contributed by atoms with van der Waals surface area (Å²) in [6.45, 7) is 9.46. The molecular weight excluding hydrogens is 446 g/mol. The molecule has 0 radical (unpaired) electrons. The van der Waals surface area contributed by atoms with Crippen LogP contribution in [-0.4, -0.2) is 24.6 Å². The van der Waals surface area contributed by atoms with E-state index < -0.39 is 4.25 Å². The summed E-state index contributed by atoms with van der Waals surface area (Å²) in [6.07, 6.45) is 29.7. The van der Waals surface area contributed by atoms with Crippen LogP contribution in [0.3, 0.4) is 0 Å². The molecule has 0 nitrogen and oxygen atoms in total. The molecule has 0 aromatic heterocycles. The van der Waals surface area contributed by atoms with E-state index in [0.717, 1.165) is 0 Å². The SMILES string of the molecule is CCCCCCCP(I)(CCC)(CCCCCCC)CCCCCCC. The van der Waals surface area contributed by atoms with E-state index in [2.05, 4.69) is 49.7 Å². The predicted molar refractivity (Wildman–Crippen MR) is 137 cm³/mol. The van der Waals surface area contributed by atoms with Gasteiger partial charge in [0.1, 0.15) is 0 Å². The first-order valence-corrected chi connectivity index (χ1v) is 18.0. The van der Waals surface area contributed by atoms with Crippen molar-refractivity contribution in [3.8, 4) is 0 Å². The third-order valence-electron chi connectivity index (χ3n) is 6.24. The zero-order chi connectivity index (χ0) is 19.6. The summed E-state index contributed by atoms with van der Waals surface area (Å²) < 4.78 is -1.50. The molecule has 0 aromatic carbocycles. The second-order valence-corrected chi connectivity index (χ2v) is 22.6. The van der Waals surface area contributed by atoms with Gasteiger partial charge in [-0.15, -0.1) is 0 Å². The van der Waals surface area contributed by atoms with Gasteiger partial charge in [0.25, 0.3) is 0 Å². The molecule has 2 heteroatoms. The van der Waals surface area contributed by atoms with Crippen molar-refractivity contribution < 1.29 is 0 Å². The summed E-state index contributed by atoms with van der Waals surface area (Å²) >= 11 is 3.12. The summed E-state index contributed by atoms with van der Waals surface area (Å²) in [5.41, 5.74) is 0. The van der Waals surface area contributed by atoms with E-state index >= 15 is 0 Å². The van der Waals surface area contributed by atoms with Crippen molar-refractivity contribution >= 4 is 26.3 Å². The Labute approximate surface area is 180 Å². The van der Waals surface area contributed by atoms with E-state index in [1.807, 2.05) is 0 Å². The number of halogens is 1. The van der Waals surface area contributed by atoms with Crippen LogP contribution in [0.4, 0.5) is 0 Å². The van der Waals surface area contributed by atoms with E-state index in [-0.39, 0.29) is 0 Å². The van der Waals surface area contributed by atoms with Gasteiger partial charge in [-0.05, 0) is 0 Å². The molecule has 0 aliphatic rings. The first kappa shape index (κ1) is 27.2. The molecule has 0 amide bonds. The first-order valence-electron chi connectivity index (χ1n) is 12.3. The third-order valence-corrected chi connectivity index (χ3v) is 17.9. The molecule has 0 saturated carbocycles. The Hall–Kier alpha value is 1.16. The number of unbranched alkanes of at least 4 members (excludes halogenated alkanes) is 12. The van der Waals surface area contributed by atoms with Gasteiger partial charge in [0.15, 0.2) is 0 Å². The molecule has 26 heavy (non-hydrogen) atoms. The molecule has 0 fully saturated rings. The van der Waals surface area contributed by atoms with Crippen LogP contribution in [0, 0.1) is 0 Å². The molecule has 0 rings (SSSR count). The zero-order valence-corrected chi connectivity index (χ0v) is 22.0. The molecule has 0 atom stereocenters. The van der Waals surface area contributed by atoms with Crippen molar-refractivity contribution in [1.29, 1.82) is 0 Å². The van der Waals surface area contributed by atoms with Gasteiger partial charge in [-0.3, -0.25) is 0 Å². The molecule has 0 aliphatic carbocycles. The molecular formula is C24H52IP. The van der Waals surface area contributed by atoms with Gasteiger partial charge in [-0.1, -0.05) is 0 Å².